The highest BCUT2D eigenvalue weighted by atomic mass is 19.4. The Morgan fingerprint density at radius 2 is 2.00 bits per heavy atom. The number of carbonyl (C=O) groups excluding carboxylic acids is 1. The van der Waals surface area contributed by atoms with Gasteiger partial charge in [0.25, 0.3) is 0 Å². The number of ether oxygens (including phenoxy) is 2. The molecule has 21 heavy (non-hydrogen) atoms. The third-order valence-corrected chi connectivity index (χ3v) is 2.61. The number of nitrogens with zero attached hydrogens (tertiary/aromatic N) is 1. The van der Waals surface area contributed by atoms with Gasteiger partial charge < -0.3 is 9.47 Å². The number of hydrogen-bond donors (Lipinski definition) is 0. The summed E-state index contributed by atoms with van der Waals surface area (Å²) < 4.78 is 45.2. The van der Waals surface area contributed by atoms with Gasteiger partial charge >= 0.3 is 12.3 Å². The van der Waals surface area contributed by atoms with Crippen molar-refractivity contribution in [3.63, 3.8) is 0 Å². The highest BCUT2D eigenvalue weighted by molar-refractivity contribution is 5.97. The molecule has 0 aliphatic carbocycles. The molecule has 0 fully saturated rings. The molecule has 2 rings (SSSR count). The van der Waals surface area contributed by atoms with Gasteiger partial charge in [0.15, 0.2) is 0 Å². The Kier molecular flexibility index (Phi) is 4.11. The molecule has 2 aromatic rings. The van der Waals surface area contributed by atoms with Crippen LogP contribution in [0.5, 0.6) is 5.75 Å². The van der Waals surface area contributed by atoms with Crippen LogP contribution in [0.15, 0.2) is 42.7 Å². The minimum Gasteiger partial charge on any atom is -0.465 e. The molecule has 0 spiro atoms. The number of pyridine rings is 1. The summed E-state index contributed by atoms with van der Waals surface area (Å²) in [4.78, 5) is 15.5. The molecule has 0 saturated heterocycles. The number of esters is 1. The van der Waals surface area contributed by atoms with Crippen molar-refractivity contribution in [3.8, 4) is 16.9 Å². The minimum atomic E-state index is -4.78. The number of halogens is 3. The Labute approximate surface area is 118 Å². The van der Waals surface area contributed by atoms with Crippen molar-refractivity contribution >= 4 is 5.97 Å². The molecule has 0 N–H and O–H groups in total. The fraction of sp³-hybridized carbons (Fsp3) is 0.143. The predicted octanol–water partition coefficient (Wildman–Crippen LogP) is 3.43. The average molecular weight is 297 g/mol. The van der Waals surface area contributed by atoms with E-state index in [1.165, 1.54) is 43.8 Å². The Morgan fingerprint density at radius 3 is 2.67 bits per heavy atom. The van der Waals surface area contributed by atoms with Gasteiger partial charge in [-0.25, -0.2) is 4.79 Å². The van der Waals surface area contributed by atoms with Crippen LogP contribution < -0.4 is 4.74 Å². The van der Waals surface area contributed by atoms with Crippen LogP contribution in [-0.2, 0) is 4.74 Å². The van der Waals surface area contributed by atoms with Crippen LogP contribution in [0, 0.1) is 0 Å². The zero-order chi connectivity index (χ0) is 15.5. The van der Waals surface area contributed by atoms with Crippen LogP contribution in [-0.4, -0.2) is 24.4 Å². The Morgan fingerprint density at radius 1 is 1.24 bits per heavy atom. The maximum Gasteiger partial charge on any atom is 0.573 e. The molecule has 0 bridgehead atoms. The topological polar surface area (TPSA) is 48.4 Å². The lowest BCUT2D eigenvalue weighted by Gasteiger charge is -2.11. The third-order valence-electron chi connectivity index (χ3n) is 2.61. The first-order chi connectivity index (χ1) is 9.90. The van der Waals surface area contributed by atoms with E-state index in [1.807, 2.05) is 0 Å². The summed E-state index contributed by atoms with van der Waals surface area (Å²) in [6.45, 7) is 0. The van der Waals surface area contributed by atoms with Crippen LogP contribution in [0.2, 0.25) is 0 Å². The maximum absolute atomic E-state index is 12.2. The van der Waals surface area contributed by atoms with E-state index in [1.54, 1.807) is 6.07 Å². The zero-order valence-corrected chi connectivity index (χ0v) is 10.8. The van der Waals surface area contributed by atoms with E-state index in [4.69, 9.17) is 0 Å². The Hall–Kier alpha value is -2.57. The van der Waals surface area contributed by atoms with Crippen molar-refractivity contribution in [2.45, 2.75) is 6.36 Å². The van der Waals surface area contributed by atoms with Crippen molar-refractivity contribution < 1.29 is 27.4 Å². The summed E-state index contributed by atoms with van der Waals surface area (Å²) in [7, 11) is 1.22. The summed E-state index contributed by atoms with van der Waals surface area (Å²) >= 11 is 0. The highest BCUT2D eigenvalue weighted by Gasteiger charge is 2.31. The van der Waals surface area contributed by atoms with Crippen molar-refractivity contribution in [2.75, 3.05) is 7.11 Å². The van der Waals surface area contributed by atoms with Crippen molar-refractivity contribution in [3.05, 3.63) is 48.3 Å². The summed E-state index contributed by atoms with van der Waals surface area (Å²) in [5.74, 6) is -0.978. The Balaban J connectivity index is 2.43. The summed E-state index contributed by atoms with van der Waals surface area (Å²) in [6, 6.07) is 6.72. The summed E-state index contributed by atoms with van der Waals surface area (Å²) in [5.41, 5.74) is 0.930. The predicted molar refractivity (Wildman–Crippen MR) is 67.7 cm³/mol. The normalized spacial score (nSPS) is 11.0. The molecule has 1 heterocycles. The quantitative estimate of drug-likeness (QED) is 0.814. The first-order valence-electron chi connectivity index (χ1n) is 5.79. The number of rotatable bonds is 3. The van der Waals surface area contributed by atoms with Crippen LogP contribution in [0.4, 0.5) is 13.2 Å². The van der Waals surface area contributed by atoms with Gasteiger partial charge in [0, 0.05) is 18.0 Å². The number of aromatic nitrogens is 1. The second-order valence-corrected chi connectivity index (χ2v) is 3.99. The molecule has 0 radical (unpaired) electrons. The van der Waals surface area contributed by atoms with Gasteiger partial charge in [-0.3, -0.25) is 4.98 Å². The molecule has 0 saturated carbocycles. The zero-order valence-electron chi connectivity index (χ0n) is 10.8. The molecule has 1 aromatic carbocycles. The molecule has 0 unspecified atom stereocenters. The van der Waals surface area contributed by atoms with Crippen LogP contribution in [0.1, 0.15) is 10.4 Å². The van der Waals surface area contributed by atoms with E-state index in [0.717, 1.165) is 0 Å². The van der Waals surface area contributed by atoms with Gasteiger partial charge in [0.1, 0.15) is 5.75 Å². The van der Waals surface area contributed by atoms with E-state index >= 15 is 0 Å². The summed E-state index contributed by atoms with van der Waals surface area (Å²) in [6.07, 6.45) is -2.01. The van der Waals surface area contributed by atoms with Crippen molar-refractivity contribution in [1.82, 2.24) is 4.98 Å². The van der Waals surface area contributed by atoms with Crippen LogP contribution in [0.3, 0.4) is 0 Å². The lowest BCUT2D eigenvalue weighted by molar-refractivity contribution is -0.274. The van der Waals surface area contributed by atoms with Gasteiger partial charge in [-0.1, -0.05) is 12.1 Å². The lowest BCUT2D eigenvalue weighted by Crippen LogP contribution is -2.17. The van der Waals surface area contributed by atoms with Gasteiger partial charge in [-0.2, -0.15) is 0 Å². The lowest BCUT2D eigenvalue weighted by atomic mass is 10.0. The minimum absolute atomic E-state index is 0.205. The van der Waals surface area contributed by atoms with Crippen molar-refractivity contribution in [2.24, 2.45) is 0 Å². The number of alkyl halides is 3. The first-order valence-corrected chi connectivity index (χ1v) is 5.79. The first kappa shape index (κ1) is 14.8. The van der Waals surface area contributed by atoms with Gasteiger partial charge in [0.05, 0.1) is 12.7 Å². The van der Waals surface area contributed by atoms with Crippen LogP contribution >= 0.6 is 0 Å². The second-order valence-electron chi connectivity index (χ2n) is 3.99. The van der Waals surface area contributed by atoms with Crippen LogP contribution in [0.25, 0.3) is 11.1 Å². The Bertz CT molecular complexity index is 656. The number of hydrogen-bond acceptors (Lipinski definition) is 4. The number of benzene rings is 1. The number of methoxy groups -OCH3 is 1. The molecule has 1 aromatic heterocycles. The molecular formula is C14H10F3NO3. The van der Waals surface area contributed by atoms with Gasteiger partial charge in [-0.15, -0.1) is 13.2 Å². The SMILES string of the molecule is COC(=O)c1ccncc1-c1cccc(OC(F)(F)F)c1. The monoisotopic (exact) mass is 297 g/mol. The standard InChI is InChI=1S/C14H10F3NO3/c1-20-13(19)11-5-6-18-8-12(11)9-3-2-4-10(7-9)21-14(15,16)17/h2-8H,1H3. The largest absolute Gasteiger partial charge is 0.573 e. The maximum atomic E-state index is 12.2. The summed E-state index contributed by atoms with van der Waals surface area (Å²) in [5, 5.41) is 0. The van der Waals surface area contributed by atoms with Gasteiger partial charge in [-0.05, 0) is 23.8 Å². The molecule has 7 heteroatoms. The number of carbonyl (C=O) groups is 1. The molecular weight excluding hydrogens is 287 g/mol. The third kappa shape index (κ3) is 3.71. The fourth-order valence-corrected chi connectivity index (χ4v) is 1.77. The molecule has 4 nitrogen and oxygen atoms in total. The smallest absolute Gasteiger partial charge is 0.465 e. The average Bonchev–Trinajstić information content (AvgIpc) is 2.45. The van der Waals surface area contributed by atoms with Gasteiger partial charge in [0.2, 0.25) is 0 Å². The fourth-order valence-electron chi connectivity index (χ4n) is 1.77. The van der Waals surface area contributed by atoms with E-state index in [0.29, 0.717) is 11.1 Å². The molecule has 0 aliphatic rings. The molecule has 0 amide bonds. The van der Waals surface area contributed by atoms with E-state index in [2.05, 4.69) is 14.5 Å². The van der Waals surface area contributed by atoms with E-state index in [-0.39, 0.29) is 11.3 Å². The van der Waals surface area contributed by atoms with E-state index < -0.39 is 12.3 Å². The molecule has 0 atom stereocenters. The second kappa shape index (κ2) is 5.82. The highest BCUT2D eigenvalue weighted by Crippen LogP contribution is 2.29. The molecule has 0 aliphatic heterocycles. The van der Waals surface area contributed by atoms with E-state index in [9.17, 15) is 18.0 Å². The van der Waals surface area contributed by atoms with Crippen molar-refractivity contribution in [1.29, 1.82) is 0 Å². The molecule has 110 valence electrons.